The van der Waals surface area contributed by atoms with Crippen molar-refractivity contribution in [3.05, 3.63) is 51.9 Å². The van der Waals surface area contributed by atoms with E-state index in [0.717, 1.165) is 29.6 Å². The van der Waals surface area contributed by atoms with E-state index in [1.165, 1.54) is 5.56 Å². The predicted molar refractivity (Wildman–Crippen MR) is 85.5 cm³/mol. The molecule has 3 rings (SSSR count). The maximum Gasteiger partial charge on any atom is 0.316 e. The molecular formula is C15H16IN3O. The minimum atomic E-state index is 0.193. The first-order chi connectivity index (χ1) is 9.79. The average Bonchev–Trinajstić information content (AvgIpc) is 2.90. The van der Waals surface area contributed by atoms with E-state index < -0.39 is 0 Å². The summed E-state index contributed by atoms with van der Waals surface area (Å²) in [5.74, 6) is 0. The summed E-state index contributed by atoms with van der Waals surface area (Å²) in [5, 5.41) is 0. The molecule has 1 aliphatic heterocycles. The Morgan fingerprint density at radius 3 is 2.70 bits per heavy atom. The van der Waals surface area contributed by atoms with E-state index >= 15 is 0 Å². The highest BCUT2D eigenvalue weighted by Crippen LogP contribution is 2.17. The fourth-order valence-corrected chi connectivity index (χ4v) is 2.67. The molecule has 1 saturated heterocycles. The van der Waals surface area contributed by atoms with Crippen molar-refractivity contribution in [1.82, 2.24) is 14.9 Å². The molecule has 0 saturated carbocycles. The van der Waals surface area contributed by atoms with E-state index in [0.29, 0.717) is 6.01 Å². The summed E-state index contributed by atoms with van der Waals surface area (Å²) in [4.78, 5) is 10.8. The first kappa shape index (κ1) is 13.8. The summed E-state index contributed by atoms with van der Waals surface area (Å²) in [6.45, 7) is 2.97. The average molecular weight is 381 g/mol. The maximum absolute atomic E-state index is 5.83. The van der Waals surface area contributed by atoms with Crippen LogP contribution in [0.25, 0.3) is 0 Å². The van der Waals surface area contributed by atoms with E-state index in [1.54, 1.807) is 12.4 Å². The molecule has 1 atom stereocenters. The molecule has 0 N–H and O–H groups in total. The van der Waals surface area contributed by atoms with Gasteiger partial charge in [-0.2, -0.15) is 0 Å². The molecule has 20 heavy (non-hydrogen) atoms. The molecular weight excluding hydrogens is 365 g/mol. The molecule has 4 nitrogen and oxygen atoms in total. The number of rotatable bonds is 4. The van der Waals surface area contributed by atoms with Gasteiger partial charge in [0.2, 0.25) is 0 Å². The molecule has 0 radical (unpaired) electrons. The molecule has 1 aromatic carbocycles. The molecule has 2 aromatic rings. The van der Waals surface area contributed by atoms with Crippen LogP contribution in [0.3, 0.4) is 0 Å². The Hall–Kier alpha value is -1.21. The molecule has 1 aliphatic rings. The highest BCUT2D eigenvalue weighted by molar-refractivity contribution is 14.1. The molecule has 104 valence electrons. The van der Waals surface area contributed by atoms with Crippen molar-refractivity contribution >= 4 is 22.6 Å². The SMILES string of the molecule is Ic1cnc(OC2CCN(Cc3ccccc3)C2)nc1. The number of halogens is 1. The van der Waals surface area contributed by atoms with Gasteiger partial charge in [-0.25, -0.2) is 9.97 Å². The zero-order chi connectivity index (χ0) is 13.8. The summed E-state index contributed by atoms with van der Waals surface area (Å²) < 4.78 is 6.85. The highest BCUT2D eigenvalue weighted by Gasteiger charge is 2.24. The first-order valence-electron chi connectivity index (χ1n) is 6.70. The van der Waals surface area contributed by atoms with Gasteiger partial charge in [-0.05, 0) is 34.6 Å². The highest BCUT2D eigenvalue weighted by atomic mass is 127. The van der Waals surface area contributed by atoms with E-state index in [9.17, 15) is 0 Å². The lowest BCUT2D eigenvalue weighted by Gasteiger charge is -2.16. The van der Waals surface area contributed by atoms with E-state index in [4.69, 9.17) is 4.74 Å². The molecule has 1 unspecified atom stereocenters. The lowest BCUT2D eigenvalue weighted by atomic mass is 10.2. The smallest absolute Gasteiger partial charge is 0.316 e. The number of ether oxygens (including phenoxy) is 1. The Labute approximate surface area is 132 Å². The van der Waals surface area contributed by atoms with Crippen LogP contribution >= 0.6 is 22.6 Å². The van der Waals surface area contributed by atoms with Crippen molar-refractivity contribution in [3.8, 4) is 6.01 Å². The van der Waals surface area contributed by atoms with Gasteiger partial charge in [0, 0.05) is 35.6 Å². The van der Waals surface area contributed by atoms with E-state index in [2.05, 4.69) is 61.7 Å². The second kappa shape index (κ2) is 6.49. The Balaban J connectivity index is 1.53. The number of hydrogen-bond acceptors (Lipinski definition) is 4. The van der Waals surface area contributed by atoms with Crippen molar-refractivity contribution in [3.63, 3.8) is 0 Å². The van der Waals surface area contributed by atoms with Gasteiger partial charge in [0.1, 0.15) is 6.10 Å². The first-order valence-corrected chi connectivity index (χ1v) is 7.78. The van der Waals surface area contributed by atoms with Crippen molar-refractivity contribution < 1.29 is 4.74 Å². The third-order valence-electron chi connectivity index (χ3n) is 3.35. The van der Waals surface area contributed by atoms with Gasteiger partial charge in [-0.3, -0.25) is 4.90 Å². The van der Waals surface area contributed by atoms with Crippen LogP contribution < -0.4 is 4.74 Å². The minimum Gasteiger partial charge on any atom is -0.459 e. The zero-order valence-corrected chi connectivity index (χ0v) is 13.2. The largest absolute Gasteiger partial charge is 0.459 e. The van der Waals surface area contributed by atoms with Crippen molar-refractivity contribution in [2.45, 2.75) is 19.1 Å². The third-order valence-corrected chi connectivity index (χ3v) is 3.90. The zero-order valence-electron chi connectivity index (χ0n) is 11.1. The van der Waals surface area contributed by atoms with Crippen LogP contribution in [0.1, 0.15) is 12.0 Å². The number of likely N-dealkylation sites (tertiary alicyclic amines) is 1. The normalized spacial score (nSPS) is 19.1. The summed E-state index contributed by atoms with van der Waals surface area (Å²) in [7, 11) is 0. The van der Waals surface area contributed by atoms with Crippen LogP contribution in [-0.2, 0) is 6.54 Å². The Morgan fingerprint density at radius 2 is 1.95 bits per heavy atom. The fraction of sp³-hybridized carbons (Fsp3) is 0.333. The lowest BCUT2D eigenvalue weighted by molar-refractivity contribution is 0.183. The molecule has 5 heteroatoms. The van der Waals surface area contributed by atoms with Gasteiger partial charge in [0.05, 0.1) is 0 Å². The van der Waals surface area contributed by atoms with Gasteiger partial charge in [-0.15, -0.1) is 0 Å². The second-order valence-electron chi connectivity index (χ2n) is 4.93. The van der Waals surface area contributed by atoms with Crippen LogP contribution in [0.15, 0.2) is 42.7 Å². The van der Waals surface area contributed by atoms with Gasteiger partial charge in [0.15, 0.2) is 0 Å². The quantitative estimate of drug-likeness (QED) is 0.764. The molecule has 0 spiro atoms. The molecule has 0 aliphatic carbocycles. The molecule has 0 bridgehead atoms. The fourth-order valence-electron chi connectivity index (χ4n) is 2.39. The molecule has 2 heterocycles. The van der Waals surface area contributed by atoms with Gasteiger partial charge in [-0.1, -0.05) is 30.3 Å². The summed E-state index contributed by atoms with van der Waals surface area (Å²) in [5.41, 5.74) is 1.35. The monoisotopic (exact) mass is 381 g/mol. The van der Waals surface area contributed by atoms with Crippen LogP contribution in [0, 0.1) is 3.57 Å². The van der Waals surface area contributed by atoms with Crippen LogP contribution in [-0.4, -0.2) is 34.1 Å². The maximum atomic E-state index is 5.83. The van der Waals surface area contributed by atoms with E-state index in [-0.39, 0.29) is 6.10 Å². The minimum absolute atomic E-state index is 0.193. The van der Waals surface area contributed by atoms with Gasteiger partial charge < -0.3 is 4.74 Å². The van der Waals surface area contributed by atoms with Gasteiger partial charge in [0.25, 0.3) is 0 Å². The third kappa shape index (κ3) is 3.67. The number of nitrogens with zero attached hydrogens (tertiary/aromatic N) is 3. The standard InChI is InChI=1S/C15H16IN3O/c16-13-8-17-15(18-9-13)20-14-6-7-19(11-14)10-12-4-2-1-3-5-12/h1-5,8-9,14H,6-7,10-11H2. The van der Waals surface area contributed by atoms with Crippen LogP contribution in [0.4, 0.5) is 0 Å². The Kier molecular flexibility index (Phi) is 4.47. The Bertz CT molecular complexity index is 547. The number of hydrogen-bond donors (Lipinski definition) is 0. The number of benzene rings is 1. The topological polar surface area (TPSA) is 38.2 Å². The molecule has 0 amide bonds. The van der Waals surface area contributed by atoms with Crippen LogP contribution in [0.5, 0.6) is 6.01 Å². The lowest BCUT2D eigenvalue weighted by Crippen LogP contribution is -2.25. The van der Waals surface area contributed by atoms with Crippen molar-refractivity contribution in [2.75, 3.05) is 13.1 Å². The molecule has 1 aromatic heterocycles. The molecule has 1 fully saturated rings. The van der Waals surface area contributed by atoms with Crippen molar-refractivity contribution in [1.29, 1.82) is 0 Å². The van der Waals surface area contributed by atoms with Crippen molar-refractivity contribution in [2.24, 2.45) is 0 Å². The number of aromatic nitrogens is 2. The van der Waals surface area contributed by atoms with E-state index in [1.807, 2.05) is 6.07 Å². The predicted octanol–water partition coefficient (Wildman–Crippen LogP) is 2.73. The summed E-state index contributed by atoms with van der Waals surface area (Å²) in [6, 6.07) is 11.0. The second-order valence-corrected chi connectivity index (χ2v) is 6.18. The van der Waals surface area contributed by atoms with Crippen LogP contribution in [0.2, 0.25) is 0 Å². The Morgan fingerprint density at radius 1 is 1.20 bits per heavy atom. The van der Waals surface area contributed by atoms with Gasteiger partial charge >= 0.3 is 6.01 Å². The summed E-state index contributed by atoms with van der Waals surface area (Å²) in [6.07, 6.45) is 4.78. The summed E-state index contributed by atoms with van der Waals surface area (Å²) >= 11 is 2.19.